The number of carbonyl (C=O) groups excluding carboxylic acids is 1. The molecule has 1 fully saturated rings. The Labute approximate surface area is 204 Å². The third-order valence-corrected chi connectivity index (χ3v) is 8.08. The van der Waals surface area contributed by atoms with E-state index in [1.54, 1.807) is 18.7 Å². The molecule has 3 aliphatic heterocycles. The third kappa shape index (κ3) is 3.76. The third-order valence-electron chi connectivity index (χ3n) is 7.06. The fourth-order valence-electron chi connectivity index (χ4n) is 5.24. The molecule has 1 unspecified atom stereocenters. The molecule has 0 saturated carbocycles. The van der Waals surface area contributed by atoms with Gasteiger partial charge in [-0.1, -0.05) is 60.3 Å². The molecule has 1 atom stereocenters. The highest BCUT2D eigenvalue weighted by molar-refractivity contribution is 7.99. The molecule has 3 aromatic rings. The Morgan fingerprint density at radius 3 is 2.35 bits per heavy atom. The lowest BCUT2D eigenvalue weighted by atomic mass is 9.90. The van der Waals surface area contributed by atoms with Crippen LogP contribution in [0.2, 0.25) is 0 Å². The number of hydrogen-bond acceptors (Lipinski definition) is 5. The van der Waals surface area contributed by atoms with E-state index in [-0.39, 0.29) is 11.9 Å². The summed E-state index contributed by atoms with van der Waals surface area (Å²) in [4.78, 5) is 16.3. The number of hydrogen-bond donors (Lipinski definition) is 0. The van der Waals surface area contributed by atoms with Gasteiger partial charge in [0.1, 0.15) is 5.75 Å². The standard InChI is InChI=1S/C28H27N3O2S/c1-20(32)30-17-15-28(16-18-30)31-26(24-9-5-6-10-27(24)33-28)19-25(29-31)21-11-13-23(14-12-21)34-22-7-3-2-4-8-22/h2-14,26H,15-19H2,1H3. The van der Waals surface area contributed by atoms with Crippen LogP contribution in [0.3, 0.4) is 0 Å². The van der Waals surface area contributed by atoms with Gasteiger partial charge >= 0.3 is 0 Å². The second-order valence-corrected chi connectivity index (χ2v) is 10.3. The SMILES string of the molecule is CC(=O)N1CCC2(CC1)Oc1ccccc1C1CC(c3ccc(Sc4ccccc4)cc3)=NN12. The molecule has 34 heavy (non-hydrogen) atoms. The smallest absolute Gasteiger partial charge is 0.219 e. The zero-order chi connectivity index (χ0) is 23.1. The Balaban J connectivity index is 1.29. The van der Waals surface area contributed by atoms with Gasteiger partial charge in [0, 0.05) is 54.6 Å². The number of fused-ring (bicyclic) bond motifs is 4. The molecule has 0 aromatic heterocycles. The molecule has 0 aliphatic carbocycles. The number of rotatable bonds is 3. The van der Waals surface area contributed by atoms with Crippen molar-refractivity contribution in [3.05, 3.63) is 90.0 Å². The highest BCUT2D eigenvalue weighted by Crippen LogP contribution is 2.50. The number of benzene rings is 3. The first-order chi connectivity index (χ1) is 16.6. The highest BCUT2D eigenvalue weighted by Gasteiger charge is 2.52. The van der Waals surface area contributed by atoms with Crippen LogP contribution in [0.5, 0.6) is 5.75 Å². The van der Waals surface area contributed by atoms with Gasteiger partial charge in [-0.25, -0.2) is 5.01 Å². The van der Waals surface area contributed by atoms with Crippen LogP contribution < -0.4 is 4.74 Å². The normalized spacial score (nSPS) is 20.4. The Kier molecular flexibility index (Phi) is 5.33. The summed E-state index contributed by atoms with van der Waals surface area (Å²) in [6, 6.07) is 27.6. The summed E-state index contributed by atoms with van der Waals surface area (Å²) >= 11 is 1.77. The molecule has 0 bridgehead atoms. The molecule has 6 rings (SSSR count). The van der Waals surface area contributed by atoms with Gasteiger partial charge in [-0.15, -0.1) is 0 Å². The van der Waals surface area contributed by atoms with Crippen molar-refractivity contribution in [2.45, 2.75) is 47.7 Å². The Bertz CT molecular complexity index is 1230. The largest absolute Gasteiger partial charge is 0.466 e. The second-order valence-electron chi connectivity index (χ2n) is 9.14. The van der Waals surface area contributed by atoms with E-state index in [2.05, 4.69) is 71.7 Å². The first kappa shape index (κ1) is 21.3. The van der Waals surface area contributed by atoms with Crippen molar-refractivity contribution in [1.82, 2.24) is 9.91 Å². The van der Waals surface area contributed by atoms with Crippen LogP contribution in [-0.4, -0.2) is 40.3 Å². The topological polar surface area (TPSA) is 45.1 Å². The van der Waals surface area contributed by atoms with E-state index >= 15 is 0 Å². The van der Waals surface area contributed by atoms with Gasteiger partial charge in [0.25, 0.3) is 0 Å². The Morgan fingerprint density at radius 1 is 0.941 bits per heavy atom. The van der Waals surface area contributed by atoms with E-state index in [1.807, 2.05) is 17.0 Å². The average molecular weight is 470 g/mol. The summed E-state index contributed by atoms with van der Waals surface area (Å²) in [6.45, 7) is 3.03. The molecule has 0 radical (unpaired) electrons. The average Bonchev–Trinajstić information content (AvgIpc) is 3.33. The molecule has 3 heterocycles. The van der Waals surface area contributed by atoms with Gasteiger partial charge in [0.2, 0.25) is 11.6 Å². The maximum Gasteiger partial charge on any atom is 0.219 e. The number of carbonyl (C=O) groups is 1. The Morgan fingerprint density at radius 2 is 1.62 bits per heavy atom. The number of hydrazone groups is 1. The number of para-hydroxylation sites is 1. The lowest BCUT2D eigenvalue weighted by molar-refractivity contribution is -0.158. The molecular weight excluding hydrogens is 442 g/mol. The van der Waals surface area contributed by atoms with Crippen molar-refractivity contribution in [2.75, 3.05) is 13.1 Å². The predicted octanol–water partition coefficient (Wildman–Crippen LogP) is 5.72. The van der Waals surface area contributed by atoms with Crippen LogP contribution in [0.15, 0.2) is 93.8 Å². The lowest BCUT2D eigenvalue weighted by Crippen LogP contribution is -2.59. The van der Waals surface area contributed by atoms with E-state index in [0.717, 1.165) is 36.3 Å². The number of piperidine rings is 1. The predicted molar refractivity (Wildman–Crippen MR) is 134 cm³/mol. The van der Waals surface area contributed by atoms with Crippen molar-refractivity contribution in [3.8, 4) is 5.75 Å². The second kappa shape index (κ2) is 8.51. The minimum Gasteiger partial charge on any atom is -0.466 e. The zero-order valence-corrected chi connectivity index (χ0v) is 20.0. The maximum atomic E-state index is 11.9. The van der Waals surface area contributed by atoms with Gasteiger partial charge < -0.3 is 9.64 Å². The van der Waals surface area contributed by atoms with Crippen LogP contribution in [-0.2, 0) is 4.79 Å². The van der Waals surface area contributed by atoms with Crippen molar-refractivity contribution in [2.24, 2.45) is 5.10 Å². The summed E-state index contributed by atoms with van der Waals surface area (Å²) in [6.07, 6.45) is 2.35. The minimum absolute atomic E-state index is 0.127. The van der Waals surface area contributed by atoms with Crippen LogP contribution in [0.4, 0.5) is 0 Å². The monoisotopic (exact) mass is 469 g/mol. The molecule has 6 heteroatoms. The van der Waals surface area contributed by atoms with E-state index < -0.39 is 5.72 Å². The van der Waals surface area contributed by atoms with Crippen LogP contribution in [0, 0.1) is 0 Å². The van der Waals surface area contributed by atoms with Gasteiger partial charge in [-0.05, 0) is 35.9 Å². The molecule has 1 amide bonds. The van der Waals surface area contributed by atoms with Crippen molar-refractivity contribution in [1.29, 1.82) is 0 Å². The first-order valence-corrected chi connectivity index (χ1v) is 12.7. The van der Waals surface area contributed by atoms with Gasteiger partial charge in [-0.3, -0.25) is 4.79 Å². The lowest BCUT2D eigenvalue weighted by Gasteiger charge is -2.51. The van der Waals surface area contributed by atoms with Crippen LogP contribution >= 0.6 is 11.8 Å². The molecule has 3 aromatic carbocycles. The molecule has 172 valence electrons. The number of nitrogens with zero attached hydrogens (tertiary/aromatic N) is 3. The number of amides is 1. The van der Waals surface area contributed by atoms with Gasteiger partial charge in [0.05, 0.1) is 11.8 Å². The van der Waals surface area contributed by atoms with E-state index in [9.17, 15) is 4.79 Å². The van der Waals surface area contributed by atoms with Crippen LogP contribution in [0.1, 0.15) is 43.4 Å². The molecule has 1 spiro atoms. The summed E-state index contributed by atoms with van der Waals surface area (Å²) in [7, 11) is 0. The molecule has 0 N–H and O–H groups in total. The fourth-order valence-corrected chi connectivity index (χ4v) is 6.08. The molecule has 1 saturated heterocycles. The fraction of sp³-hybridized carbons (Fsp3) is 0.286. The van der Waals surface area contributed by atoms with E-state index in [0.29, 0.717) is 13.1 Å². The van der Waals surface area contributed by atoms with E-state index in [4.69, 9.17) is 9.84 Å². The van der Waals surface area contributed by atoms with Gasteiger partial charge in [0.15, 0.2) is 0 Å². The summed E-state index contributed by atoms with van der Waals surface area (Å²) < 4.78 is 6.65. The Hall–Kier alpha value is -3.25. The zero-order valence-electron chi connectivity index (χ0n) is 19.2. The highest BCUT2D eigenvalue weighted by atomic mass is 32.2. The molecule has 3 aliphatic rings. The molecular formula is C28H27N3O2S. The van der Waals surface area contributed by atoms with Crippen molar-refractivity contribution in [3.63, 3.8) is 0 Å². The summed E-state index contributed by atoms with van der Waals surface area (Å²) in [5, 5.41) is 7.36. The van der Waals surface area contributed by atoms with Gasteiger partial charge in [-0.2, -0.15) is 5.10 Å². The first-order valence-electron chi connectivity index (χ1n) is 11.8. The summed E-state index contributed by atoms with van der Waals surface area (Å²) in [5.74, 6) is 1.08. The minimum atomic E-state index is -0.504. The van der Waals surface area contributed by atoms with Crippen molar-refractivity contribution >= 4 is 23.4 Å². The van der Waals surface area contributed by atoms with E-state index in [1.165, 1.54) is 15.4 Å². The van der Waals surface area contributed by atoms with Crippen molar-refractivity contribution < 1.29 is 9.53 Å². The molecule has 5 nitrogen and oxygen atoms in total. The van der Waals surface area contributed by atoms with Crippen LogP contribution in [0.25, 0.3) is 0 Å². The maximum absolute atomic E-state index is 11.9. The quantitative estimate of drug-likeness (QED) is 0.492. The summed E-state index contributed by atoms with van der Waals surface area (Å²) in [5.41, 5.74) is 2.93. The number of ether oxygens (including phenoxy) is 1. The number of likely N-dealkylation sites (tertiary alicyclic amines) is 1.